The van der Waals surface area contributed by atoms with Gasteiger partial charge >= 0.3 is 12.4 Å². The standard InChI is InChI=1S/C29H29F6N3O2/c1-16(2)37-25(39)17-6-8-18(9-7-17)26(40)38(36)20-11-13-22(24(15-20)29(33,34)35)21-12-10-19(27(3,4)5)14-23(21)28(30,31)32/h6-16H,36H2,1-5H3,(H,37,39). The van der Waals surface area contributed by atoms with Gasteiger partial charge in [-0.1, -0.05) is 39.0 Å². The molecule has 0 spiro atoms. The maximum atomic E-state index is 14.1. The zero-order valence-electron chi connectivity index (χ0n) is 22.5. The Morgan fingerprint density at radius 2 is 1.23 bits per heavy atom. The average Bonchev–Trinajstić information content (AvgIpc) is 2.85. The summed E-state index contributed by atoms with van der Waals surface area (Å²) in [4.78, 5) is 25.0. The largest absolute Gasteiger partial charge is 0.417 e. The number of hydrogen-bond donors (Lipinski definition) is 2. The van der Waals surface area contributed by atoms with Gasteiger partial charge in [0, 0.05) is 17.2 Å². The highest BCUT2D eigenvalue weighted by Crippen LogP contribution is 2.45. The van der Waals surface area contributed by atoms with Crippen molar-refractivity contribution in [1.82, 2.24) is 5.32 Å². The molecule has 214 valence electrons. The molecule has 0 fully saturated rings. The third kappa shape index (κ3) is 6.82. The highest BCUT2D eigenvalue weighted by Gasteiger charge is 2.39. The molecule has 2 amide bonds. The number of nitrogens with two attached hydrogens (primary N) is 1. The van der Waals surface area contributed by atoms with Crippen molar-refractivity contribution in [3.63, 3.8) is 0 Å². The van der Waals surface area contributed by atoms with E-state index >= 15 is 0 Å². The normalized spacial score (nSPS) is 12.4. The number of hydrogen-bond acceptors (Lipinski definition) is 3. The number of alkyl halides is 6. The summed E-state index contributed by atoms with van der Waals surface area (Å²) in [5.74, 6) is 4.60. The van der Waals surface area contributed by atoms with Gasteiger partial charge in [0.15, 0.2) is 0 Å². The molecule has 0 atom stereocenters. The van der Waals surface area contributed by atoms with Crippen molar-refractivity contribution in [2.24, 2.45) is 5.84 Å². The molecule has 0 unspecified atom stereocenters. The fourth-order valence-electron chi connectivity index (χ4n) is 4.00. The highest BCUT2D eigenvalue weighted by atomic mass is 19.4. The summed E-state index contributed by atoms with van der Waals surface area (Å²) in [5.41, 5.74) is -4.46. The fraction of sp³-hybridized carbons (Fsp3) is 0.310. The van der Waals surface area contributed by atoms with Gasteiger partial charge in [-0.2, -0.15) is 26.3 Å². The van der Waals surface area contributed by atoms with Crippen LogP contribution in [0.1, 0.15) is 72.0 Å². The van der Waals surface area contributed by atoms with E-state index in [4.69, 9.17) is 5.84 Å². The lowest BCUT2D eigenvalue weighted by molar-refractivity contribution is -0.139. The SMILES string of the molecule is CC(C)NC(=O)c1ccc(C(=O)N(N)c2ccc(-c3ccc(C(C)(C)C)cc3C(F)(F)F)c(C(F)(F)F)c2)cc1. The molecule has 3 aromatic rings. The highest BCUT2D eigenvalue weighted by molar-refractivity contribution is 6.06. The van der Waals surface area contributed by atoms with E-state index in [2.05, 4.69) is 5.32 Å². The zero-order valence-corrected chi connectivity index (χ0v) is 22.5. The number of carbonyl (C=O) groups excluding carboxylic acids is 2. The smallest absolute Gasteiger partial charge is 0.350 e. The fourth-order valence-corrected chi connectivity index (χ4v) is 4.00. The molecule has 0 aliphatic rings. The Kier molecular flexibility index (Phi) is 8.40. The Labute approximate surface area is 227 Å². The Morgan fingerprint density at radius 3 is 1.70 bits per heavy atom. The van der Waals surface area contributed by atoms with Crippen molar-refractivity contribution in [2.45, 2.75) is 58.4 Å². The minimum absolute atomic E-state index is 0.0154. The van der Waals surface area contributed by atoms with E-state index < -0.39 is 45.9 Å². The summed E-state index contributed by atoms with van der Waals surface area (Å²) >= 11 is 0. The number of nitrogens with zero attached hydrogens (tertiary/aromatic N) is 1. The lowest BCUT2D eigenvalue weighted by Gasteiger charge is -2.24. The summed E-state index contributed by atoms with van der Waals surface area (Å²) < 4.78 is 84.4. The monoisotopic (exact) mass is 565 g/mol. The molecule has 3 aromatic carbocycles. The van der Waals surface area contributed by atoms with Gasteiger partial charge in [0.25, 0.3) is 11.8 Å². The predicted octanol–water partition coefficient (Wildman–Crippen LogP) is 7.35. The molecule has 3 N–H and O–H groups in total. The van der Waals surface area contributed by atoms with Gasteiger partial charge < -0.3 is 5.32 Å². The van der Waals surface area contributed by atoms with Crippen molar-refractivity contribution in [3.05, 3.63) is 88.5 Å². The molecule has 0 saturated heterocycles. The van der Waals surface area contributed by atoms with Crippen LogP contribution in [-0.2, 0) is 17.8 Å². The van der Waals surface area contributed by atoms with Crippen molar-refractivity contribution < 1.29 is 35.9 Å². The summed E-state index contributed by atoms with van der Waals surface area (Å²) in [7, 11) is 0. The molecule has 3 rings (SSSR count). The summed E-state index contributed by atoms with van der Waals surface area (Å²) in [6, 6.07) is 10.9. The lowest BCUT2D eigenvalue weighted by Crippen LogP contribution is -2.37. The van der Waals surface area contributed by atoms with E-state index in [1.165, 1.54) is 30.3 Å². The number of hydrazine groups is 1. The number of carbonyl (C=O) groups is 2. The van der Waals surface area contributed by atoms with Gasteiger partial charge in [-0.3, -0.25) is 9.59 Å². The molecular weight excluding hydrogens is 536 g/mol. The molecule has 0 saturated carbocycles. The third-order valence-electron chi connectivity index (χ3n) is 6.10. The summed E-state index contributed by atoms with van der Waals surface area (Å²) in [6.45, 7) is 8.62. The molecule has 0 aliphatic heterocycles. The van der Waals surface area contributed by atoms with Crippen LogP contribution in [0.15, 0.2) is 60.7 Å². The van der Waals surface area contributed by atoms with Crippen LogP contribution in [0.5, 0.6) is 0 Å². The maximum Gasteiger partial charge on any atom is 0.417 e. The molecule has 0 bridgehead atoms. The predicted molar refractivity (Wildman–Crippen MR) is 141 cm³/mol. The van der Waals surface area contributed by atoms with Crippen LogP contribution in [0.3, 0.4) is 0 Å². The maximum absolute atomic E-state index is 14.1. The molecule has 0 aliphatic carbocycles. The van der Waals surface area contributed by atoms with Crippen molar-refractivity contribution in [2.75, 3.05) is 5.01 Å². The van der Waals surface area contributed by atoms with E-state index in [1.807, 2.05) is 0 Å². The quantitative estimate of drug-likeness (QED) is 0.147. The second-order valence-electron chi connectivity index (χ2n) is 10.6. The number of benzene rings is 3. The zero-order chi connectivity index (χ0) is 30.2. The second-order valence-corrected chi connectivity index (χ2v) is 10.6. The van der Waals surface area contributed by atoms with Gasteiger partial charge in [-0.15, -0.1) is 0 Å². The Bertz CT molecular complexity index is 1410. The van der Waals surface area contributed by atoms with Crippen molar-refractivity contribution in [3.8, 4) is 11.1 Å². The number of amides is 2. The Hall–Kier alpha value is -3.86. The number of halogens is 6. The topological polar surface area (TPSA) is 75.4 Å². The van der Waals surface area contributed by atoms with Gasteiger partial charge in [0.2, 0.25) is 0 Å². The molecule has 11 heteroatoms. The Morgan fingerprint density at radius 1 is 0.750 bits per heavy atom. The first kappa shape index (κ1) is 30.7. The molecule has 0 heterocycles. The number of anilines is 1. The van der Waals surface area contributed by atoms with Crippen LogP contribution in [0.25, 0.3) is 11.1 Å². The van der Waals surface area contributed by atoms with Gasteiger partial charge in [0.1, 0.15) is 0 Å². The minimum atomic E-state index is -5.06. The first-order valence-corrected chi connectivity index (χ1v) is 12.2. The third-order valence-corrected chi connectivity index (χ3v) is 6.10. The minimum Gasteiger partial charge on any atom is -0.350 e. The van der Waals surface area contributed by atoms with Crippen molar-refractivity contribution >= 4 is 17.5 Å². The van der Waals surface area contributed by atoms with Crippen LogP contribution in [0.2, 0.25) is 0 Å². The van der Waals surface area contributed by atoms with Crippen LogP contribution >= 0.6 is 0 Å². The van der Waals surface area contributed by atoms with E-state index in [9.17, 15) is 35.9 Å². The van der Waals surface area contributed by atoms with Gasteiger partial charge in [-0.05, 0) is 78.4 Å². The summed E-state index contributed by atoms with van der Waals surface area (Å²) in [5, 5.41) is 3.15. The van der Waals surface area contributed by atoms with E-state index in [1.54, 1.807) is 34.6 Å². The first-order valence-electron chi connectivity index (χ1n) is 12.2. The van der Waals surface area contributed by atoms with Crippen LogP contribution in [0.4, 0.5) is 32.0 Å². The number of rotatable bonds is 5. The van der Waals surface area contributed by atoms with E-state index in [-0.39, 0.29) is 28.8 Å². The molecular formula is C29H29F6N3O2. The van der Waals surface area contributed by atoms with Crippen LogP contribution in [0, 0.1) is 0 Å². The van der Waals surface area contributed by atoms with Crippen LogP contribution < -0.4 is 16.2 Å². The van der Waals surface area contributed by atoms with E-state index in [0.29, 0.717) is 16.6 Å². The Balaban J connectivity index is 2.05. The molecule has 5 nitrogen and oxygen atoms in total. The second kappa shape index (κ2) is 11.0. The molecule has 0 radical (unpaired) electrons. The van der Waals surface area contributed by atoms with Crippen molar-refractivity contribution in [1.29, 1.82) is 0 Å². The lowest BCUT2D eigenvalue weighted by atomic mass is 9.83. The number of nitrogens with one attached hydrogen (secondary N) is 1. The first-order chi connectivity index (χ1) is 18.3. The summed E-state index contributed by atoms with van der Waals surface area (Å²) in [6.07, 6.45) is -9.99. The van der Waals surface area contributed by atoms with Gasteiger partial charge in [-0.25, -0.2) is 10.9 Å². The van der Waals surface area contributed by atoms with E-state index in [0.717, 1.165) is 24.3 Å². The molecule has 0 aromatic heterocycles. The van der Waals surface area contributed by atoms with Gasteiger partial charge in [0.05, 0.1) is 16.8 Å². The van der Waals surface area contributed by atoms with Crippen LogP contribution in [-0.4, -0.2) is 17.9 Å². The average molecular weight is 566 g/mol. The molecule has 40 heavy (non-hydrogen) atoms.